The zero-order valence-corrected chi connectivity index (χ0v) is 18.7. The second kappa shape index (κ2) is 8.96. The summed E-state index contributed by atoms with van der Waals surface area (Å²) in [6, 6.07) is 0. The van der Waals surface area contributed by atoms with Crippen LogP contribution in [0.15, 0.2) is 35.6 Å². The molecule has 3 aliphatic rings. The van der Waals surface area contributed by atoms with E-state index in [4.69, 9.17) is 18.9 Å². The molecule has 0 spiro atoms. The molecule has 2 heterocycles. The fraction of sp³-hybridized carbons (Fsp3) is 0.667. The molecule has 5 atom stereocenters. The average Bonchev–Trinajstić information content (AvgIpc) is 3.21. The molecule has 1 aliphatic carbocycles. The van der Waals surface area contributed by atoms with Gasteiger partial charge in [0.05, 0.1) is 23.9 Å². The topological polar surface area (TPSA) is 74.4 Å². The van der Waals surface area contributed by atoms with Gasteiger partial charge in [0, 0.05) is 31.8 Å². The highest BCUT2D eigenvalue weighted by atomic mass is 16.7. The third-order valence-corrected chi connectivity index (χ3v) is 6.33. The smallest absolute Gasteiger partial charge is 0.305 e. The Bertz CT molecular complexity index is 762. The van der Waals surface area contributed by atoms with E-state index in [1.165, 1.54) is 19.4 Å². The van der Waals surface area contributed by atoms with E-state index >= 15 is 0 Å². The Hall–Kier alpha value is -2.08. The number of fused-ring (bicyclic) bond motifs is 1. The molecule has 3 rings (SSSR count). The molecule has 0 aromatic heterocycles. The molecule has 0 N–H and O–H groups in total. The summed E-state index contributed by atoms with van der Waals surface area (Å²) >= 11 is 0. The summed E-state index contributed by atoms with van der Waals surface area (Å²) < 4.78 is 22.9. The number of esters is 2. The number of allylic oxidation sites excluding steroid dienone is 2. The van der Waals surface area contributed by atoms with E-state index in [0.717, 1.165) is 36.8 Å². The van der Waals surface area contributed by atoms with Crippen LogP contribution in [0.1, 0.15) is 66.7 Å². The summed E-state index contributed by atoms with van der Waals surface area (Å²) in [4.78, 5) is 23.6. The highest BCUT2D eigenvalue weighted by Crippen LogP contribution is 2.46. The Morgan fingerprint density at radius 3 is 2.57 bits per heavy atom. The predicted molar refractivity (Wildman–Crippen MR) is 112 cm³/mol. The van der Waals surface area contributed by atoms with Gasteiger partial charge >= 0.3 is 11.9 Å². The lowest BCUT2D eigenvalue weighted by Gasteiger charge is -2.40. The van der Waals surface area contributed by atoms with Crippen LogP contribution in [0.4, 0.5) is 0 Å². The molecule has 0 aromatic carbocycles. The highest BCUT2D eigenvalue weighted by Gasteiger charge is 2.51. The van der Waals surface area contributed by atoms with Crippen molar-refractivity contribution in [3.8, 4) is 0 Å². The number of ether oxygens (including phenoxy) is 4. The lowest BCUT2D eigenvalue weighted by atomic mass is 9.74. The summed E-state index contributed by atoms with van der Waals surface area (Å²) in [5.74, 6) is -0.902. The molecular formula is C24H34O6. The average molecular weight is 419 g/mol. The van der Waals surface area contributed by atoms with Crippen molar-refractivity contribution < 1.29 is 28.5 Å². The molecule has 30 heavy (non-hydrogen) atoms. The minimum atomic E-state index is -0.714. The largest absolute Gasteiger partial charge is 0.462 e. The van der Waals surface area contributed by atoms with Crippen molar-refractivity contribution in [1.29, 1.82) is 0 Å². The molecular weight excluding hydrogens is 384 g/mol. The van der Waals surface area contributed by atoms with E-state index < -0.39 is 12.4 Å². The summed E-state index contributed by atoms with van der Waals surface area (Å²) in [6.07, 6.45) is 6.77. The van der Waals surface area contributed by atoms with Crippen LogP contribution in [-0.2, 0) is 28.5 Å². The third kappa shape index (κ3) is 5.34. The van der Waals surface area contributed by atoms with Crippen LogP contribution >= 0.6 is 0 Å². The number of epoxide rings is 1. The van der Waals surface area contributed by atoms with Crippen LogP contribution in [0.3, 0.4) is 0 Å². The maximum absolute atomic E-state index is 11.9. The Labute approximate surface area is 179 Å². The number of carbonyl (C=O) groups excluding carboxylic acids is 2. The monoisotopic (exact) mass is 418 g/mol. The second-order valence-corrected chi connectivity index (χ2v) is 9.19. The lowest BCUT2D eigenvalue weighted by molar-refractivity contribution is -0.181. The SMILES string of the molecule is C=C1CC/C=C(\C)CC[C@@H]2C(C(CC3OC3(C)C)OC(C)=O)=CO[C@@H](OC(C)=O)[C@@H]12. The van der Waals surface area contributed by atoms with Crippen molar-refractivity contribution in [2.75, 3.05) is 0 Å². The Kier molecular flexibility index (Phi) is 6.75. The van der Waals surface area contributed by atoms with Gasteiger partial charge in [0.1, 0.15) is 6.10 Å². The molecule has 0 bridgehead atoms. The molecule has 1 saturated heterocycles. The summed E-state index contributed by atoms with van der Waals surface area (Å²) in [5.41, 5.74) is 3.03. The zero-order chi connectivity index (χ0) is 22.1. The van der Waals surface area contributed by atoms with E-state index in [9.17, 15) is 9.59 Å². The second-order valence-electron chi connectivity index (χ2n) is 9.19. The summed E-state index contributed by atoms with van der Waals surface area (Å²) in [6.45, 7) is 13.3. The van der Waals surface area contributed by atoms with Gasteiger partial charge in [-0.1, -0.05) is 23.8 Å². The van der Waals surface area contributed by atoms with Gasteiger partial charge in [0.15, 0.2) is 0 Å². The molecule has 0 radical (unpaired) electrons. The normalized spacial score (nSPS) is 33.2. The van der Waals surface area contributed by atoms with Gasteiger partial charge in [-0.2, -0.15) is 0 Å². The summed E-state index contributed by atoms with van der Waals surface area (Å²) in [5, 5.41) is 0. The number of hydrogen-bond acceptors (Lipinski definition) is 6. The predicted octanol–water partition coefficient (Wildman–Crippen LogP) is 4.60. The molecule has 6 nitrogen and oxygen atoms in total. The van der Waals surface area contributed by atoms with Gasteiger partial charge in [-0.15, -0.1) is 0 Å². The van der Waals surface area contributed by atoms with E-state index in [-0.39, 0.29) is 35.5 Å². The van der Waals surface area contributed by atoms with Crippen molar-refractivity contribution in [3.05, 3.63) is 35.6 Å². The van der Waals surface area contributed by atoms with Gasteiger partial charge in [-0.05, 0) is 46.5 Å². The molecule has 0 saturated carbocycles. The first-order chi connectivity index (χ1) is 14.1. The first-order valence-corrected chi connectivity index (χ1v) is 10.8. The van der Waals surface area contributed by atoms with Crippen LogP contribution < -0.4 is 0 Å². The fourth-order valence-corrected chi connectivity index (χ4v) is 4.58. The highest BCUT2D eigenvalue weighted by molar-refractivity contribution is 5.67. The van der Waals surface area contributed by atoms with Crippen molar-refractivity contribution in [2.24, 2.45) is 11.8 Å². The van der Waals surface area contributed by atoms with Crippen LogP contribution in [0, 0.1) is 11.8 Å². The van der Waals surface area contributed by atoms with E-state index in [2.05, 4.69) is 19.6 Å². The minimum Gasteiger partial charge on any atom is -0.462 e. The van der Waals surface area contributed by atoms with E-state index in [0.29, 0.717) is 6.42 Å². The minimum absolute atomic E-state index is 0.00302. The lowest BCUT2D eigenvalue weighted by Crippen LogP contribution is -2.41. The number of carbonyl (C=O) groups is 2. The number of hydrogen-bond donors (Lipinski definition) is 0. The molecule has 2 aliphatic heterocycles. The standard InChI is InChI=1S/C24H34O6/c1-14-8-7-9-15(2)22-18(11-10-14)19(13-27-23(22)29-17(4)26)20(28-16(3)25)12-21-24(5,6)30-21/h8,13,18,20-23H,2,7,9-12H2,1,3-6H3/b14-8+/t18-,20?,21?,22+,23+/m1/s1. The van der Waals surface area contributed by atoms with Gasteiger partial charge in [0.25, 0.3) is 0 Å². The quantitative estimate of drug-likeness (QED) is 0.369. The van der Waals surface area contributed by atoms with Crippen molar-refractivity contribution in [1.82, 2.24) is 0 Å². The maximum Gasteiger partial charge on any atom is 0.305 e. The van der Waals surface area contributed by atoms with Crippen LogP contribution in [0.25, 0.3) is 0 Å². The Morgan fingerprint density at radius 2 is 1.97 bits per heavy atom. The molecule has 2 unspecified atom stereocenters. The third-order valence-electron chi connectivity index (χ3n) is 6.33. The van der Waals surface area contributed by atoms with Gasteiger partial charge in [0.2, 0.25) is 6.29 Å². The van der Waals surface area contributed by atoms with Crippen LogP contribution in [0.5, 0.6) is 0 Å². The van der Waals surface area contributed by atoms with Gasteiger partial charge in [-0.25, -0.2) is 0 Å². The Morgan fingerprint density at radius 1 is 1.27 bits per heavy atom. The zero-order valence-electron chi connectivity index (χ0n) is 18.7. The first-order valence-electron chi connectivity index (χ1n) is 10.8. The molecule has 0 amide bonds. The summed E-state index contributed by atoms with van der Waals surface area (Å²) in [7, 11) is 0. The molecule has 6 heteroatoms. The molecule has 1 fully saturated rings. The molecule has 166 valence electrons. The van der Waals surface area contributed by atoms with Crippen LogP contribution in [-0.4, -0.2) is 36.0 Å². The first kappa shape index (κ1) is 22.6. The van der Waals surface area contributed by atoms with E-state index in [1.54, 1.807) is 6.26 Å². The van der Waals surface area contributed by atoms with Crippen LogP contribution in [0.2, 0.25) is 0 Å². The van der Waals surface area contributed by atoms with Crippen molar-refractivity contribution >= 4 is 11.9 Å². The molecule has 0 aromatic rings. The fourth-order valence-electron chi connectivity index (χ4n) is 4.58. The van der Waals surface area contributed by atoms with Gasteiger partial charge in [-0.3, -0.25) is 9.59 Å². The van der Waals surface area contributed by atoms with Crippen molar-refractivity contribution in [2.45, 2.75) is 90.8 Å². The number of rotatable bonds is 5. The maximum atomic E-state index is 11.9. The Balaban J connectivity index is 1.94. The van der Waals surface area contributed by atoms with Gasteiger partial charge < -0.3 is 18.9 Å². The van der Waals surface area contributed by atoms with Crippen molar-refractivity contribution in [3.63, 3.8) is 0 Å². The van der Waals surface area contributed by atoms with E-state index in [1.807, 2.05) is 13.8 Å².